The van der Waals surface area contributed by atoms with Gasteiger partial charge in [0.05, 0.1) is 5.75 Å². The molecule has 17 heavy (non-hydrogen) atoms. The third kappa shape index (κ3) is 4.05. The lowest BCUT2D eigenvalue weighted by Crippen LogP contribution is -2.30. The first kappa shape index (κ1) is 12.4. The van der Waals surface area contributed by atoms with Crippen molar-refractivity contribution in [3.8, 4) is 0 Å². The van der Waals surface area contributed by atoms with E-state index in [1.165, 1.54) is 0 Å². The number of aryl methyl sites for hydroxylation is 1. The molecule has 0 atom stereocenters. The molecule has 1 aromatic rings. The SMILES string of the molecule is Cn1ccc(NC(=O)CSC2CCNCC2)n1. The highest BCUT2D eigenvalue weighted by Crippen LogP contribution is 2.20. The van der Waals surface area contributed by atoms with Crippen LogP contribution in [0, 0.1) is 0 Å². The lowest BCUT2D eigenvalue weighted by Gasteiger charge is -2.21. The summed E-state index contributed by atoms with van der Waals surface area (Å²) >= 11 is 1.74. The zero-order valence-electron chi connectivity index (χ0n) is 9.98. The number of rotatable bonds is 4. The van der Waals surface area contributed by atoms with Crippen LogP contribution in [0.3, 0.4) is 0 Å². The molecule has 94 valence electrons. The summed E-state index contributed by atoms with van der Waals surface area (Å²) in [7, 11) is 1.83. The van der Waals surface area contributed by atoms with Gasteiger partial charge in [0.25, 0.3) is 0 Å². The van der Waals surface area contributed by atoms with Gasteiger partial charge in [0.15, 0.2) is 5.82 Å². The van der Waals surface area contributed by atoms with E-state index in [0.717, 1.165) is 25.9 Å². The summed E-state index contributed by atoms with van der Waals surface area (Å²) in [4.78, 5) is 11.7. The van der Waals surface area contributed by atoms with E-state index in [0.29, 0.717) is 16.8 Å². The lowest BCUT2D eigenvalue weighted by molar-refractivity contribution is -0.113. The smallest absolute Gasteiger partial charge is 0.235 e. The van der Waals surface area contributed by atoms with Crippen molar-refractivity contribution >= 4 is 23.5 Å². The molecular formula is C11H18N4OS. The molecule has 1 aliphatic rings. The second-order valence-electron chi connectivity index (χ2n) is 4.18. The number of hydrogen-bond donors (Lipinski definition) is 2. The topological polar surface area (TPSA) is 59.0 Å². The number of nitrogens with zero attached hydrogens (tertiary/aromatic N) is 2. The molecule has 0 unspecified atom stereocenters. The van der Waals surface area contributed by atoms with Crippen LogP contribution in [0.4, 0.5) is 5.82 Å². The number of piperidine rings is 1. The van der Waals surface area contributed by atoms with E-state index in [1.807, 2.05) is 13.2 Å². The maximum Gasteiger partial charge on any atom is 0.235 e. The minimum atomic E-state index is 0.0345. The average Bonchev–Trinajstić information content (AvgIpc) is 2.73. The van der Waals surface area contributed by atoms with Gasteiger partial charge in [0, 0.05) is 24.6 Å². The first-order valence-corrected chi connectivity index (χ1v) is 6.91. The predicted molar refractivity (Wildman–Crippen MR) is 70.2 cm³/mol. The van der Waals surface area contributed by atoms with Crippen LogP contribution in [0.15, 0.2) is 12.3 Å². The number of nitrogens with one attached hydrogen (secondary N) is 2. The van der Waals surface area contributed by atoms with Crippen LogP contribution in [0.1, 0.15) is 12.8 Å². The number of carbonyl (C=O) groups excluding carboxylic acids is 1. The Kier molecular flexibility index (Phi) is 4.44. The maximum absolute atomic E-state index is 11.7. The summed E-state index contributed by atoms with van der Waals surface area (Å²) in [6, 6.07) is 1.80. The summed E-state index contributed by atoms with van der Waals surface area (Å²) < 4.78 is 1.68. The Hall–Kier alpha value is -1.01. The highest BCUT2D eigenvalue weighted by atomic mass is 32.2. The molecule has 1 fully saturated rings. The molecule has 1 aliphatic heterocycles. The molecule has 1 aromatic heterocycles. The number of anilines is 1. The van der Waals surface area contributed by atoms with Gasteiger partial charge in [-0.05, 0) is 25.9 Å². The molecule has 0 aromatic carbocycles. The zero-order valence-corrected chi connectivity index (χ0v) is 10.8. The van der Waals surface area contributed by atoms with Gasteiger partial charge in [0.2, 0.25) is 5.91 Å². The zero-order chi connectivity index (χ0) is 12.1. The van der Waals surface area contributed by atoms with Crippen LogP contribution < -0.4 is 10.6 Å². The van der Waals surface area contributed by atoms with Gasteiger partial charge in [-0.15, -0.1) is 11.8 Å². The highest BCUT2D eigenvalue weighted by molar-refractivity contribution is 8.00. The minimum absolute atomic E-state index is 0.0345. The Morgan fingerprint density at radius 2 is 2.41 bits per heavy atom. The molecular weight excluding hydrogens is 236 g/mol. The fraction of sp³-hybridized carbons (Fsp3) is 0.636. The van der Waals surface area contributed by atoms with Gasteiger partial charge < -0.3 is 10.6 Å². The third-order valence-corrected chi connectivity index (χ3v) is 4.09. The van der Waals surface area contributed by atoms with Crippen LogP contribution in [-0.4, -0.2) is 39.8 Å². The van der Waals surface area contributed by atoms with E-state index >= 15 is 0 Å². The Labute approximate surface area is 105 Å². The normalized spacial score (nSPS) is 17.0. The minimum Gasteiger partial charge on any atom is -0.317 e. The Morgan fingerprint density at radius 3 is 3.06 bits per heavy atom. The maximum atomic E-state index is 11.7. The second kappa shape index (κ2) is 6.07. The third-order valence-electron chi connectivity index (χ3n) is 2.72. The van der Waals surface area contributed by atoms with E-state index < -0.39 is 0 Å². The summed E-state index contributed by atoms with van der Waals surface area (Å²) in [5.74, 6) is 1.18. The van der Waals surface area contributed by atoms with E-state index in [-0.39, 0.29) is 5.91 Å². The van der Waals surface area contributed by atoms with Crippen molar-refractivity contribution < 1.29 is 4.79 Å². The summed E-state index contributed by atoms with van der Waals surface area (Å²) in [6.07, 6.45) is 4.12. The molecule has 2 rings (SSSR count). The van der Waals surface area contributed by atoms with Crippen molar-refractivity contribution in [2.75, 3.05) is 24.2 Å². The Balaban J connectivity index is 1.70. The van der Waals surface area contributed by atoms with Crippen molar-refractivity contribution in [1.29, 1.82) is 0 Å². The molecule has 0 bridgehead atoms. The number of aromatic nitrogens is 2. The largest absolute Gasteiger partial charge is 0.317 e. The molecule has 1 saturated heterocycles. The molecule has 0 spiro atoms. The van der Waals surface area contributed by atoms with Gasteiger partial charge in [-0.3, -0.25) is 9.48 Å². The standard InChI is InChI=1S/C11H18N4OS/c1-15-7-4-10(14-15)13-11(16)8-17-9-2-5-12-6-3-9/h4,7,9,12H,2-3,5-6,8H2,1H3,(H,13,14,16). The fourth-order valence-corrected chi connectivity index (χ4v) is 2.84. The van der Waals surface area contributed by atoms with Crippen molar-refractivity contribution in [2.24, 2.45) is 7.05 Å². The van der Waals surface area contributed by atoms with E-state index in [4.69, 9.17) is 0 Å². The quantitative estimate of drug-likeness (QED) is 0.836. The lowest BCUT2D eigenvalue weighted by atomic mass is 10.2. The van der Waals surface area contributed by atoms with Gasteiger partial charge >= 0.3 is 0 Å². The molecule has 2 N–H and O–H groups in total. The first-order valence-electron chi connectivity index (χ1n) is 5.86. The van der Waals surface area contributed by atoms with Crippen molar-refractivity contribution in [3.05, 3.63) is 12.3 Å². The highest BCUT2D eigenvalue weighted by Gasteiger charge is 2.15. The molecule has 0 radical (unpaired) electrons. The fourth-order valence-electron chi connectivity index (χ4n) is 1.82. The number of thioether (sulfide) groups is 1. The Morgan fingerprint density at radius 1 is 1.65 bits per heavy atom. The molecule has 2 heterocycles. The molecule has 0 aliphatic carbocycles. The molecule has 1 amide bonds. The van der Waals surface area contributed by atoms with Crippen molar-refractivity contribution in [3.63, 3.8) is 0 Å². The molecule has 5 nitrogen and oxygen atoms in total. The van der Waals surface area contributed by atoms with Gasteiger partial charge in [-0.1, -0.05) is 0 Å². The monoisotopic (exact) mass is 254 g/mol. The average molecular weight is 254 g/mol. The number of carbonyl (C=O) groups is 1. The summed E-state index contributed by atoms with van der Waals surface area (Å²) in [5.41, 5.74) is 0. The van der Waals surface area contributed by atoms with Gasteiger partial charge in [-0.2, -0.15) is 5.10 Å². The van der Waals surface area contributed by atoms with Gasteiger partial charge in [0.1, 0.15) is 0 Å². The van der Waals surface area contributed by atoms with Crippen LogP contribution in [-0.2, 0) is 11.8 Å². The molecule has 6 heteroatoms. The number of hydrogen-bond acceptors (Lipinski definition) is 4. The van der Waals surface area contributed by atoms with Crippen LogP contribution in [0.5, 0.6) is 0 Å². The Bertz CT molecular complexity index is 373. The van der Waals surface area contributed by atoms with Crippen LogP contribution in [0.2, 0.25) is 0 Å². The van der Waals surface area contributed by atoms with E-state index in [2.05, 4.69) is 15.7 Å². The number of amides is 1. The van der Waals surface area contributed by atoms with E-state index in [9.17, 15) is 4.79 Å². The van der Waals surface area contributed by atoms with Gasteiger partial charge in [-0.25, -0.2) is 0 Å². The van der Waals surface area contributed by atoms with Crippen LogP contribution in [0.25, 0.3) is 0 Å². The second-order valence-corrected chi connectivity index (χ2v) is 5.47. The van der Waals surface area contributed by atoms with Crippen molar-refractivity contribution in [2.45, 2.75) is 18.1 Å². The van der Waals surface area contributed by atoms with E-state index in [1.54, 1.807) is 22.5 Å². The predicted octanol–water partition coefficient (Wildman–Crippen LogP) is 0.844. The molecule has 0 saturated carbocycles. The summed E-state index contributed by atoms with van der Waals surface area (Å²) in [5, 5.41) is 10.8. The van der Waals surface area contributed by atoms with Crippen molar-refractivity contribution in [1.82, 2.24) is 15.1 Å². The summed E-state index contributed by atoms with van der Waals surface area (Å²) in [6.45, 7) is 2.14. The van der Waals surface area contributed by atoms with Crippen LogP contribution >= 0.6 is 11.8 Å². The first-order chi connectivity index (χ1) is 8.24.